The van der Waals surface area contributed by atoms with Crippen LogP contribution in [0, 0.1) is 0 Å². The third-order valence-electron chi connectivity index (χ3n) is 2.71. The summed E-state index contributed by atoms with van der Waals surface area (Å²) in [5.74, 6) is -1.49. The van der Waals surface area contributed by atoms with Crippen LogP contribution in [0.3, 0.4) is 0 Å². The molecule has 0 aliphatic rings. The Morgan fingerprint density at radius 3 is 2.48 bits per heavy atom. The van der Waals surface area contributed by atoms with Gasteiger partial charge in [0.1, 0.15) is 11.6 Å². The molecule has 0 radical (unpaired) electrons. The second-order valence-electron chi connectivity index (χ2n) is 5.54. The van der Waals surface area contributed by atoms with E-state index in [0.717, 1.165) is 12.1 Å². The average molecular weight is 334 g/mol. The fourth-order valence-corrected chi connectivity index (χ4v) is 1.82. The van der Waals surface area contributed by atoms with Gasteiger partial charge in [-0.05, 0) is 32.4 Å². The van der Waals surface area contributed by atoms with Crippen LogP contribution in [0.25, 0.3) is 0 Å². The van der Waals surface area contributed by atoms with Crippen LogP contribution >= 0.6 is 0 Å². The zero-order valence-electron chi connectivity index (χ0n) is 13.6. The summed E-state index contributed by atoms with van der Waals surface area (Å²) in [7, 11) is 0. The molecule has 2 N–H and O–H groups in total. The minimum Gasteiger partial charge on any atom is -0.480 e. The van der Waals surface area contributed by atoms with Gasteiger partial charge in [0.25, 0.3) is 0 Å². The van der Waals surface area contributed by atoms with Gasteiger partial charge < -0.3 is 15.2 Å². The Balaban J connectivity index is 2.93. The van der Waals surface area contributed by atoms with Gasteiger partial charge in [-0.2, -0.15) is 13.2 Å². The summed E-state index contributed by atoms with van der Waals surface area (Å²) in [6.45, 7) is 2.65. The zero-order valence-corrected chi connectivity index (χ0v) is 12.6. The van der Waals surface area contributed by atoms with Crippen molar-refractivity contribution in [2.45, 2.75) is 45.0 Å². The van der Waals surface area contributed by atoms with Crippen LogP contribution in [0.4, 0.5) is 18.0 Å². The third-order valence-corrected chi connectivity index (χ3v) is 2.71. The summed E-state index contributed by atoms with van der Waals surface area (Å²) in [5, 5.41) is 11.2. The highest BCUT2D eigenvalue weighted by atomic mass is 19.4. The number of hydrogen-bond donors (Lipinski definition) is 2. The quantitative estimate of drug-likeness (QED) is 0.886. The van der Waals surface area contributed by atoms with Crippen molar-refractivity contribution in [1.29, 1.82) is 0 Å². The number of alkyl carbamates (subject to hydrolysis) is 1. The van der Waals surface area contributed by atoms with Gasteiger partial charge in [0, 0.05) is 7.79 Å². The van der Waals surface area contributed by atoms with E-state index < -0.39 is 41.9 Å². The van der Waals surface area contributed by atoms with E-state index in [1.54, 1.807) is 0 Å². The summed E-state index contributed by atoms with van der Waals surface area (Å²) in [6, 6.07) is 2.95. The summed E-state index contributed by atoms with van der Waals surface area (Å²) in [4.78, 5) is 22.9. The van der Waals surface area contributed by atoms with Gasteiger partial charge in [0.05, 0.1) is 5.56 Å². The number of carbonyl (C=O) groups is 2. The largest absolute Gasteiger partial charge is 0.480 e. The first kappa shape index (κ1) is 17.1. The Hall–Kier alpha value is -2.25. The van der Waals surface area contributed by atoms with E-state index in [1.165, 1.54) is 26.0 Å². The number of carboxylic acid groups (broad SMARTS) is 1. The topological polar surface area (TPSA) is 75.6 Å². The van der Waals surface area contributed by atoms with Crippen LogP contribution in [0.5, 0.6) is 0 Å². The van der Waals surface area contributed by atoms with E-state index in [4.69, 9.17) is 11.2 Å². The molecule has 1 aromatic carbocycles. The maximum Gasteiger partial charge on any atom is 0.416 e. The summed E-state index contributed by atoms with van der Waals surface area (Å²) >= 11 is 0. The number of aliphatic carboxylic acids is 1. The first-order chi connectivity index (χ1) is 11.0. The molecule has 0 spiro atoms. The number of carbonyl (C=O) groups excluding carboxylic acids is 1. The molecule has 1 atom stereocenters. The van der Waals surface area contributed by atoms with Gasteiger partial charge >= 0.3 is 18.2 Å². The summed E-state index contributed by atoms with van der Waals surface area (Å²) in [6.07, 6.45) is -6.29. The Bertz CT molecular complexity index is 605. The number of nitrogens with one attached hydrogen (secondary N) is 1. The van der Waals surface area contributed by atoms with Crippen LogP contribution in [-0.4, -0.2) is 28.8 Å². The summed E-state index contributed by atoms with van der Waals surface area (Å²) in [5.41, 5.74) is -2.35. The Morgan fingerprint density at radius 2 is 1.96 bits per heavy atom. The van der Waals surface area contributed by atoms with Gasteiger partial charge in [-0.15, -0.1) is 0 Å². The molecule has 23 heavy (non-hydrogen) atoms. The predicted molar refractivity (Wildman–Crippen MR) is 75.9 cm³/mol. The fourth-order valence-electron chi connectivity index (χ4n) is 1.82. The van der Waals surface area contributed by atoms with Crippen LogP contribution < -0.4 is 5.32 Å². The van der Waals surface area contributed by atoms with Crippen molar-refractivity contribution in [2.24, 2.45) is 0 Å². The van der Waals surface area contributed by atoms with Gasteiger partial charge in [-0.1, -0.05) is 18.2 Å². The van der Waals surface area contributed by atoms with Gasteiger partial charge in [0.15, 0.2) is 0 Å². The van der Waals surface area contributed by atoms with E-state index in [2.05, 4.69) is 0 Å². The van der Waals surface area contributed by atoms with Gasteiger partial charge in [-0.25, -0.2) is 9.59 Å². The SMILES string of the molecule is [2H]CC(C)(C)OC(=O)N[C@@H](Cc1ccccc1C(F)(F)F)C(=O)O. The van der Waals surface area contributed by atoms with Crippen LogP contribution in [-0.2, 0) is 22.1 Å². The third kappa shape index (κ3) is 6.17. The molecule has 0 aliphatic carbocycles. The van der Waals surface area contributed by atoms with Gasteiger partial charge in [-0.3, -0.25) is 0 Å². The molecule has 8 heteroatoms. The van der Waals surface area contributed by atoms with Crippen molar-refractivity contribution in [1.82, 2.24) is 5.32 Å². The number of carboxylic acids is 1. The Morgan fingerprint density at radius 1 is 1.35 bits per heavy atom. The number of benzene rings is 1. The molecule has 128 valence electrons. The minimum absolute atomic E-state index is 0.252. The predicted octanol–water partition coefficient (Wildman–Crippen LogP) is 3.23. The van der Waals surface area contributed by atoms with E-state index in [-0.39, 0.29) is 12.5 Å². The molecule has 0 saturated carbocycles. The average Bonchev–Trinajstić information content (AvgIpc) is 2.45. The lowest BCUT2D eigenvalue weighted by Gasteiger charge is -2.22. The molecule has 1 aromatic rings. The lowest BCUT2D eigenvalue weighted by atomic mass is 10.00. The number of ether oxygens (including phenoxy) is 1. The van der Waals surface area contributed by atoms with E-state index >= 15 is 0 Å². The molecule has 5 nitrogen and oxygen atoms in total. The Labute approximate surface area is 132 Å². The van der Waals surface area contributed by atoms with Crippen molar-refractivity contribution >= 4 is 12.1 Å². The normalized spacial score (nSPS) is 13.9. The molecule has 0 aromatic heterocycles. The van der Waals surface area contributed by atoms with Crippen molar-refractivity contribution in [3.8, 4) is 0 Å². The molecule has 0 saturated heterocycles. The monoisotopic (exact) mass is 334 g/mol. The van der Waals surface area contributed by atoms with Crippen molar-refractivity contribution in [3.05, 3.63) is 35.4 Å². The summed E-state index contributed by atoms with van der Waals surface area (Å²) < 4.78 is 50.9. The second-order valence-corrected chi connectivity index (χ2v) is 5.54. The molecule has 0 bridgehead atoms. The van der Waals surface area contributed by atoms with E-state index in [9.17, 15) is 22.8 Å². The maximum absolute atomic E-state index is 13.0. The van der Waals surface area contributed by atoms with Crippen LogP contribution in [0.1, 0.15) is 33.2 Å². The molecule has 1 rings (SSSR count). The molecular weight excluding hydrogens is 315 g/mol. The Kier molecular flexibility index (Phi) is 5.12. The zero-order chi connectivity index (χ0) is 18.5. The van der Waals surface area contributed by atoms with Gasteiger partial charge in [0.2, 0.25) is 0 Å². The number of amides is 1. The maximum atomic E-state index is 13.0. The first-order valence-corrected chi connectivity index (χ1v) is 6.63. The highest BCUT2D eigenvalue weighted by Crippen LogP contribution is 2.32. The molecule has 0 unspecified atom stereocenters. The minimum atomic E-state index is -4.63. The van der Waals surface area contributed by atoms with E-state index in [1.807, 2.05) is 5.32 Å². The number of halogens is 3. The second kappa shape index (κ2) is 6.89. The molecule has 0 aliphatic heterocycles. The van der Waals surface area contributed by atoms with Crippen molar-refractivity contribution < 1.29 is 34.0 Å². The molecule has 0 heterocycles. The number of rotatable bonds is 4. The van der Waals surface area contributed by atoms with Crippen molar-refractivity contribution in [3.63, 3.8) is 0 Å². The van der Waals surface area contributed by atoms with Crippen LogP contribution in [0.15, 0.2) is 24.3 Å². The number of alkyl halides is 3. The van der Waals surface area contributed by atoms with E-state index in [0.29, 0.717) is 0 Å². The van der Waals surface area contributed by atoms with Crippen LogP contribution in [0.2, 0.25) is 0 Å². The fraction of sp³-hybridized carbons (Fsp3) is 0.467. The first-order valence-electron chi connectivity index (χ1n) is 7.33. The molecule has 1 amide bonds. The lowest BCUT2D eigenvalue weighted by molar-refractivity contribution is -0.141. The highest BCUT2D eigenvalue weighted by Gasteiger charge is 2.34. The standard InChI is InChI=1S/C15H18F3NO4/c1-14(2,3)23-13(22)19-11(12(20)21)8-9-6-4-5-7-10(9)15(16,17)18/h4-7,11H,8H2,1-3H3,(H,19,22)(H,20,21)/t11-/m0/s1/i1D. The highest BCUT2D eigenvalue weighted by molar-refractivity contribution is 5.80. The molecular formula is C15H18F3NO4. The smallest absolute Gasteiger partial charge is 0.416 e. The van der Waals surface area contributed by atoms with Crippen molar-refractivity contribution in [2.75, 3.05) is 0 Å². The lowest BCUT2D eigenvalue weighted by Crippen LogP contribution is -2.44. The molecule has 0 fully saturated rings. The number of hydrogen-bond acceptors (Lipinski definition) is 3.